The summed E-state index contributed by atoms with van der Waals surface area (Å²) in [5.74, 6) is -1.38. The molecule has 5 aromatic heterocycles. The molecule has 1 radical (unpaired) electrons. The molecule has 0 aliphatic rings. The Morgan fingerprint density at radius 1 is 0.630 bits per heavy atom. The van der Waals surface area contributed by atoms with Gasteiger partial charge in [-0.1, -0.05) is 42.7 Å². The van der Waals surface area contributed by atoms with E-state index in [4.69, 9.17) is 0 Å². The third kappa shape index (κ3) is 7.51. The average Bonchev–Trinajstić information content (AvgIpc) is 3.70. The Hall–Kier alpha value is -4.82. The van der Waals surface area contributed by atoms with Gasteiger partial charge in [0.05, 0.1) is 22.8 Å². The zero-order chi connectivity index (χ0) is 32.4. The molecule has 5 heterocycles. The molecule has 6 aromatic rings. The van der Waals surface area contributed by atoms with Crippen molar-refractivity contribution < 1.29 is 55.2 Å². The van der Waals surface area contributed by atoms with Gasteiger partial charge in [-0.05, 0) is 36.8 Å². The molecule has 0 aliphatic heterocycles. The zero-order valence-corrected chi connectivity index (χ0v) is 25.5. The maximum absolute atomic E-state index is 14.2. The van der Waals surface area contributed by atoms with Gasteiger partial charge >= 0.3 is 12.4 Å². The van der Waals surface area contributed by atoms with Crippen LogP contribution in [0.5, 0.6) is 0 Å². The van der Waals surface area contributed by atoms with Crippen molar-refractivity contribution in [2.24, 2.45) is 0 Å². The average molecular weight is 820 g/mol. The van der Waals surface area contributed by atoms with Gasteiger partial charge in [-0.25, -0.2) is 8.78 Å². The number of halogens is 8. The van der Waals surface area contributed by atoms with E-state index in [0.717, 1.165) is 15.4 Å². The minimum absolute atomic E-state index is 0. The third-order valence-electron chi connectivity index (χ3n) is 6.12. The smallest absolute Gasteiger partial charge is 0.344 e. The predicted octanol–water partition coefficient (Wildman–Crippen LogP) is 7.49. The van der Waals surface area contributed by atoms with E-state index in [1.54, 1.807) is 55.7 Å². The number of hydrogen-bond acceptors (Lipinski definition) is 5. The quantitative estimate of drug-likeness (QED) is 0.136. The maximum atomic E-state index is 14.2. The van der Waals surface area contributed by atoms with E-state index in [2.05, 4.69) is 37.5 Å². The van der Waals surface area contributed by atoms with Gasteiger partial charge < -0.3 is 14.3 Å². The summed E-state index contributed by atoms with van der Waals surface area (Å²) in [7, 11) is 0. The number of rotatable bonds is 4. The number of benzene rings is 1. The first-order valence-corrected chi connectivity index (χ1v) is 12.7. The Labute approximate surface area is 268 Å². The van der Waals surface area contributed by atoms with Crippen LogP contribution in [0.15, 0.2) is 85.2 Å². The molecule has 6 rings (SSSR count). The van der Waals surface area contributed by atoms with Crippen molar-refractivity contribution in [3.8, 4) is 34.2 Å². The monoisotopic (exact) mass is 820 g/mol. The molecule has 1 aromatic carbocycles. The van der Waals surface area contributed by atoms with Gasteiger partial charge in [0, 0.05) is 61.3 Å². The Morgan fingerprint density at radius 3 is 1.41 bits per heavy atom. The van der Waals surface area contributed by atoms with Gasteiger partial charge in [0.2, 0.25) is 0 Å². The Morgan fingerprint density at radius 2 is 1.07 bits per heavy atom. The van der Waals surface area contributed by atoms with Crippen molar-refractivity contribution >= 4 is 0 Å². The van der Waals surface area contributed by atoms with E-state index in [1.807, 2.05) is 0 Å². The van der Waals surface area contributed by atoms with Gasteiger partial charge in [-0.15, -0.1) is 12.1 Å². The first kappa shape index (κ1) is 34.1. The predicted molar refractivity (Wildman–Crippen MR) is 144 cm³/mol. The molecule has 0 amide bonds. The number of nitrogens with zero attached hydrogens (tertiary/aromatic N) is 7. The Balaban J connectivity index is 0.000000206. The molecule has 0 N–H and O–H groups in total. The van der Waals surface area contributed by atoms with Gasteiger partial charge in [0.1, 0.15) is 11.6 Å². The second kappa shape index (κ2) is 13.7. The van der Waals surface area contributed by atoms with Crippen LogP contribution >= 0.6 is 0 Å². The van der Waals surface area contributed by atoms with E-state index >= 15 is 0 Å². The zero-order valence-electron chi connectivity index (χ0n) is 23.1. The Bertz CT molecular complexity index is 1790. The molecule has 16 heteroatoms. The first-order chi connectivity index (χ1) is 21.3. The van der Waals surface area contributed by atoms with Gasteiger partial charge in [0.15, 0.2) is 0 Å². The molecule has 0 spiro atoms. The van der Waals surface area contributed by atoms with Crippen LogP contribution in [0.2, 0.25) is 0 Å². The number of alkyl halides is 6. The summed E-state index contributed by atoms with van der Waals surface area (Å²) in [5, 5.41) is 6.57. The van der Waals surface area contributed by atoms with Gasteiger partial charge in [0.25, 0.3) is 0 Å². The SMILES string of the molecule is Cc1c(-c2ccccn2)c(F)cc(F)c1-c1ccccn1.FC(F)(F)c1c[c-]n(-c2cccc(-n3[c-]cc(C(F)(F)F)n3)n2)n1.[Ir]. The number of aromatic nitrogens is 7. The van der Waals surface area contributed by atoms with Crippen LogP contribution in [0.1, 0.15) is 17.0 Å². The van der Waals surface area contributed by atoms with Crippen molar-refractivity contribution in [3.05, 3.63) is 126 Å². The second-order valence-corrected chi connectivity index (χ2v) is 9.14. The van der Waals surface area contributed by atoms with Crippen LogP contribution in [-0.2, 0) is 32.5 Å². The van der Waals surface area contributed by atoms with Crippen LogP contribution in [-0.4, -0.2) is 34.5 Å². The molecular formula is C30H17F8IrN7-2. The van der Waals surface area contributed by atoms with Crippen molar-refractivity contribution in [3.63, 3.8) is 0 Å². The number of hydrogen-bond donors (Lipinski definition) is 0. The summed E-state index contributed by atoms with van der Waals surface area (Å²) in [5.41, 5.74) is -0.283. The van der Waals surface area contributed by atoms with Crippen LogP contribution in [0.25, 0.3) is 34.2 Å². The van der Waals surface area contributed by atoms with E-state index in [0.29, 0.717) is 40.2 Å². The minimum Gasteiger partial charge on any atom is -0.344 e. The molecule has 0 aliphatic carbocycles. The molecule has 46 heavy (non-hydrogen) atoms. The largest absolute Gasteiger partial charge is 0.388 e. The van der Waals surface area contributed by atoms with Crippen molar-refractivity contribution in [1.82, 2.24) is 34.5 Å². The van der Waals surface area contributed by atoms with Crippen molar-refractivity contribution in [2.75, 3.05) is 0 Å². The Kier molecular flexibility index (Phi) is 10.1. The molecule has 7 nitrogen and oxygen atoms in total. The summed E-state index contributed by atoms with van der Waals surface area (Å²) in [6, 6.07) is 16.6. The van der Waals surface area contributed by atoms with Crippen LogP contribution < -0.4 is 0 Å². The second-order valence-electron chi connectivity index (χ2n) is 9.14. The minimum atomic E-state index is -4.64. The molecule has 0 saturated carbocycles. The molecule has 0 atom stereocenters. The summed E-state index contributed by atoms with van der Waals surface area (Å²) >= 11 is 0. The molecule has 0 bridgehead atoms. The number of pyridine rings is 3. The third-order valence-corrected chi connectivity index (χ3v) is 6.12. The fraction of sp³-hybridized carbons (Fsp3) is 0.100. The summed E-state index contributed by atoms with van der Waals surface area (Å²) in [4.78, 5) is 12.2. The van der Waals surface area contributed by atoms with Gasteiger partial charge in [-0.2, -0.15) is 26.3 Å². The van der Waals surface area contributed by atoms with Gasteiger partial charge in [-0.3, -0.25) is 20.2 Å². The van der Waals surface area contributed by atoms with E-state index in [-0.39, 0.29) is 31.7 Å². The molecular weight excluding hydrogens is 803 g/mol. The fourth-order valence-electron chi connectivity index (χ4n) is 4.12. The molecule has 0 fully saturated rings. The molecule has 0 saturated heterocycles. The molecule has 239 valence electrons. The normalized spacial score (nSPS) is 11.4. The standard InChI is InChI=1S/C17H12F2N2.C13H5F6N5.Ir/c1-11-16(14-6-2-4-8-20-14)12(18)10-13(19)17(11)15-7-3-5-9-21-15;14-12(15,16)8-4-6-23(21-8)10-2-1-3-11(20-10)24-7-5-9(22-24)13(17,18)19;/h2-10H,1H3;1-5H;/q;-2;. The summed E-state index contributed by atoms with van der Waals surface area (Å²) < 4.78 is 105. The van der Waals surface area contributed by atoms with Crippen LogP contribution in [0.4, 0.5) is 35.1 Å². The van der Waals surface area contributed by atoms with Crippen molar-refractivity contribution in [2.45, 2.75) is 19.3 Å². The fourth-order valence-corrected chi connectivity index (χ4v) is 4.12. The molecule has 0 unspecified atom stereocenters. The van der Waals surface area contributed by atoms with Crippen LogP contribution in [0, 0.1) is 31.0 Å². The topological polar surface area (TPSA) is 74.3 Å². The summed E-state index contributed by atoms with van der Waals surface area (Å²) in [6.45, 7) is 1.68. The first-order valence-electron chi connectivity index (χ1n) is 12.7. The summed E-state index contributed by atoms with van der Waals surface area (Å²) in [6.07, 6.45) is -1.64. The maximum Gasteiger partial charge on any atom is 0.388 e. The van der Waals surface area contributed by atoms with E-state index in [9.17, 15) is 35.1 Å². The van der Waals surface area contributed by atoms with Crippen LogP contribution in [0.3, 0.4) is 0 Å². The van der Waals surface area contributed by atoms with E-state index in [1.165, 1.54) is 18.2 Å². The van der Waals surface area contributed by atoms with E-state index < -0.39 is 35.4 Å². The van der Waals surface area contributed by atoms with Crippen molar-refractivity contribution in [1.29, 1.82) is 0 Å².